The minimum absolute atomic E-state index is 0.0665. The summed E-state index contributed by atoms with van der Waals surface area (Å²) in [4.78, 5) is 21.6. The Hall–Kier alpha value is -1.10. The second kappa shape index (κ2) is 6.37. The zero-order valence-electron chi connectivity index (χ0n) is 8.74. The van der Waals surface area contributed by atoms with E-state index in [4.69, 9.17) is 5.11 Å². The first-order valence-corrected chi connectivity index (χ1v) is 4.60. The maximum atomic E-state index is 10.9. The average molecular weight is 203 g/mol. The molecule has 0 aliphatic rings. The summed E-state index contributed by atoms with van der Waals surface area (Å²) in [7, 11) is 0. The first-order valence-electron chi connectivity index (χ1n) is 4.60. The molecule has 0 aromatic heterocycles. The molecule has 2 N–H and O–H groups in total. The van der Waals surface area contributed by atoms with Gasteiger partial charge in [0.05, 0.1) is 13.2 Å². The summed E-state index contributed by atoms with van der Waals surface area (Å²) in [5, 5.41) is 11.4. The lowest BCUT2D eigenvalue weighted by Gasteiger charge is -2.16. The van der Waals surface area contributed by atoms with E-state index < -0.39 is 18.0 Å². The van der Waals surface area contributed by atoms with Crippen LogP contribution in [0.5, 0.6) is 0 Å². The van der Waals surface area contributed by atoms with Gasteiger partial charge in [0.1, 0.15) is 6.04 Å². The highest BCUT2D eigenvalue weighted by molar-refractivity contribution is 5.76. The number of nitrogens with one attached hydrogen (secondary N) is 1. The normalized spacial score (nSPS) is 12.6. The Morgan fingerprint density at radius 1 is 1.43 bits per heavy atom. The molecular weight excluding hydrogens is 186 g/mol. The van der Waals surface area contributed by atoms with Crippen LogP contribution >= 0.6 is 0 Å². The second-order valence-electron chi connectivity index (χ2n) is 3.25. The van der Waals surface area contributed by atoms with Crippen LogP contribution < -0.4 is 5.32 Å². The number of carboxylic acids is 1. The SMILES string of the molecule is CCOC(=O)CNC(C(=O)O)C(C)C. The Bertz CT molecular complexity index is 203. The molecule has 0 saturated carbocycles. The van der Waals surface area contributed by atoms with Gasteiger partial charge in [-0.05, 0) is 12.8 Å². The molecule has 0 heterocycles. The second-order valence-corrected chi connectivity index (χ2v) is 3.25. The number of hydrogen-bond acceptors (Lipinski definition) is 4. The van der Waals surface area contributed by atoms with Crippen molar-refractivity contribution in [3.05, 3.63) is 0 Å². The number of ether oxygens (including phenoxy) is 1. The van der Waals surface area contributed by atoms with Crippen LogP contribution in [-0.2, 0) is 14.3 Å². The summed E-state index contributed by atoms with van der Waals surface area (Å²) in [6.45, 7) is 5.49. The van der Waals surface area contributed by atoms with Gasteiger partial charge in [-0.15, -0.1) is 0 Å². The van der Waals surface area contributed by atoms with Crippen LogP contribution in [0, 0.1) is 5.92 Å². The van der Waals surface area contributed by atoms with Gasteiger partial charge in [-0.2, -0.15) is 0 Å². The molecule has 0 aliphatic carbocycles. The summed E-state index contributed by atoms with van der Waals surface area (Å²) in [5.74, 6) is -1.45. The lowest BCUT2D eigenvalue weighted by atomic mass is 10.1. The van der Waals surface area contributed by atoms with Crippen LogP contribution in [0.3, 0.4) is 0 Å². The molecular formula is C9H17NO4. The molecule has 5 nitrogen and oxygen atoms in total. The van der Waals surface area contributed by atoms with E-state index in [9.17, 15) is 9.59 Å². The fourth-order valence-corrected chi connectivity index (χ4v) is 1.01. The Labute approximate surface area is 83.4 Å². The van der Waals surface area contributed by atoms with Gasteiger partial charge in [0, 0.05) is 0 Å². The summed E-state index contributed by atoms with van der Waals surface area (Å²) < 4.78 is 4.66. The molecule has 1 atom stereocenters. The molecule has 82 valence electrons. The number of carboxylic acid groups (broad SMARTS) is 1. The average Bonchev–Trinajstić information content (AvgIpc) is 2.03. The minimum Gasteiger partial charge on any atom is -0.480 e. The molecule has 0 bridgehead atoms. The van der Waals surface area contributed by atoms with E-state index in [1.807, 2.05) is 0 Å². The van der Waals surface area contributed by atoms with Crippen molar-refractivity contribution in [2.24, 2.45) is 5.92 Å². The van der Waals surface area contributed by atoms with Crippen molar-refractivity contribution in [2.45, 2.75) is 26.8 Å². The standard InChI is InChI=1S/C9H17NO4/c1-4-14-7(11)5-10-8(6(2)3)9(12)13/h6,8,10H,4-5H2,1-3H3,(H,12,13). The van der Waals surface area contributed by atoms with Crippen LogP contribution in [0.15, 0.2) is 0 Å². The van der Waals surface area contributed by atoms with Gasteiger partial charge < -0.3 is 9.84 Å². The van der Waals surface area contributed by atoms with Crippen molar-refractivity contribution in [2.75, 3.05) is 13.2 Å². The van der Waals surface area contributed by atoms with E-state index >= 15 is 0 Å². The van der Waals surface area contributed by atoms with Gasteiger partial charge in [0.25, 0.3) is 0 Å². The molecule has 1 unspecified atom stereocenters. The predicted octanol–water partition coefficient (Wildman–Crippen LogP) is 0.248. The summed E-state index contributed by atoms with van der Waals surface area (Å²) in [6, 6.07) is -0.709. The molecule has 0 aliphatic heterocycles. The first-order chi connectivity index (χ1) is 6.49. The summed E-state index contributed by atoms with van der Waals surface area (Å²) >= 11 is 0. The monoisotopic (exact) mass is 203 g/mol. The van der Waals surface area contributed by atoms with Crippen molar-refractivity contribution < 1.29 is 19.4 Å². The zero-order chi connectivity index (χ0) is 11.1. The van der Waals surface area contributed by atoms with Crippen LogP contribution in [0.25, 0.3) is 0 Å². The highest BCUT2D eigenvalue weighted by Crippen LogP contribution is 2.00. The van der Waals surface area contributed by atoms with E-state index in [2.05, 4.69) is 10.1 Å². The number of esters is 1. The fraction of sp³-hybridized carbons (Fsp3) is 0.778. The van der Waals surface area contributed by atoms with Crippen molar-refractivity contribution in [1.29, 1.82) is 0 Å². The first kappa shape index (κ1) is 12.9. The molecule has 5 heteroatoms. The van der Waals surface area contributed by atoms with Crippen LogP contribution in [0.1, 0.15) is 20.8 Å². The molecule has 0 aromatic rings. The Balaban J connectivity index is 3.94. The predicted molar refractivity (Wildman–Crippen MR) is 50.9 cm³/mol. The number of aliphatic carboxylic acids is 1. The van der Waals surface area contributed by atoms with Gasteiger partial charge in [-0.25, -0.2) is 0 Å². The number of hydrogen-bond donors (Lipinski definition) is 2. The van der Waals surface area contributed by atoms with Crippen molar-refractivity contribution in [3.63, 3.8) is 0 Å². The van der Waals surface area contributed by atoms with Crippen LogP contribution in [0.4, 0.5) is 0 Å². The van der Waals surface area contributed by atoms with E-state index in [0.29, 0.717) is 6.61 Å². The molecule has 0 spiro atoms. The molecule has 0 amide bonds. The smallest absolute Gasteiger partial charge is 0.320 e. The van der Waals surface area contributed by atoms with E-state index in [1.54, 1.807) is 20.8 Å². The zero-order valence-corrected chi connectivity index (χ0v) is 8.74. The minimum atomic E-state index is -0.954. The third-order valence-corrected chi connectivity index (χ3v) is 1.70. The maximum Gasteiger partial charge on any atom is 0.320 e. The highest BCUT2D eigenvalue weighted by Gasteiger charge is 2.21. The van der Waals surface area contributed by atoms with Gasteiger partial charge in [0.15, 0.2) is 0 Å². The van der Waals surface area contributed by atoms with E-state index in [1.165, 1.54) is 0 Å². The Morgan fingerprint density at radius 3 is 2.36 bits per heavy atom. The molecule has 0 saturated heterocycles. The van der Waals surface area contributed by atoms with E-state index in [-0.39, 0.29) is 12.5 Å². The van der Waals surface area contributed by atoms with Crippen molar-refractivity contribution >= 4 is 11.9 Å². The van der Waals surface area contributed by atoms with Gasteiger partial charge in [0.2, 0.25) is 0 Å². The lowest BCUT2D eigenvalue weighted by Crippen LogP contribution is -2.43. The number of rotatable bonds is 6. The van der Waals surface area contributed by atoms with Gasteiger partial charge >= 0.3 is 11.9 Å². The maximum absolute atomic E-state index is 10.9. The third kappa shape index (κ3) is 4.81. The van der Waals surface area contributed by atoms with Gasteiger partial charge in [-0.3, -0.25) is 14.9 Å². The molecule has 0 aromatic carbocycles. The molecule has 14 heavy (non-hydrogen) atoms. The fourth-order valence-electron chi connectivity index (χ4n) is 1.01. The van der Waals surface area contributed by atoms with Crippen molar-refractivity contribution in [1.82, 2.24) is 5.32 Å². The summed E-state index contributed by atoms with van der Waals surface area (Å²) in [5.41, 5.74) is 0. The Morgan fingerprint density at radius 2 is 2.00 bits per heavy atom. The Kier molecular flexibility index (Phi) is 5.87. The number of carbonyl (C=O) groups is 2. The highest BCUT2D eigenvalue weighted by atomic mass is 16.5. The molecule has 0 fully saturated rings. The topological polar surface area (TPSA) is 75.6 Å². The van der Waals surface area contributed by atoms with Crippen LogP contribution in [0.2, 0.25) is 0 Å². The number of carbonyl (C=O) groups excluding carboxylic acids is 1. The van der Waals surface area contributed by atoms with Gasteiger partial charge in [-0.1, -0.05) is 13.8 Å². The molecule has 0 rings (SSSR count). The van der Waals surface area contributed by atoms with E-state index in [0.717, 1.165) is 0 Å². The molecule has 0 radical (unpaired) electrons. The third-order valence-electron chi connectivity index (χ3n) is 1.70. The largest absolute Gasteiger partial charge is 0.480 e. The summed E-state index contributed by atoms with van der Waals surface area (Å²) in [6.07, 6.45) is 0. The lowest BCUT2D eigenvalue weighted by molar-refractivity contribution is -0.143. The van der Waals surface area contributed by atoms with Crippen molar-refractivity contribution in [3.8, 4) is 0 Å². The van der Waals surface area contributed by atoms with Crippen LogP contribution in [-0.4, -0.2) is 36.2 Å². The quantitative estimate of drug-likeness (QED) is 0.605.